The Morgan fingerprint density at radius 2 is 2.07 bits per heavy atom. The normalized spacial score (nSPS) is 12.0. The summed E-state index contributed by atoms with van der Waals surface area (Å²) in [7, 11) is 1.36. The molecule has 0 aliphatic heterocycles. The molecule has 0 heterocycles. The fourth-order valence-electron chi connectivity index (χ4n) is 1.09. The van der Waals surface area contributed by atoms with E-state index in [4.69, 9.17) is 10.6 Å². The summed E-state index contributed by atoms with van der Waals surface area (Å²) in [6, 6.07) is 3.09. The van der Waals surface area contributed by atoms with E-state index in [1.165, 1.54) is 13.2 Å². The summed E-state index contributed by atoms with van der Waals surface area (Å²) in [5.41, 5.74) is -0.576. The van der Waals surface area contributed by atoms with Crippen LogP contribution in [0.1, 0.15) is 11.1 Å². The number of halogens is 3. The maximum Gasteiger partial charge on any atom is 0.416 e. The first-order valence-electron chi connectivity index (χ1n) is 3.97. The summed E-state index contributed by atoms with van der Waals surface area (Å²) >= 11 is 0. The van der Waals surface area contributed by atoms with Crippen molar-refractivity contribution >= 4 is 6.21 Å². The predicted octanol–water partition coefficient (Wildman–Crippen LogP) is 2.01. The Balaban J connectivity index is 3.22. The Labute approximate surface area is 84.3 Å². The number of ether oxygens (including phenoxy) is 1. The van der Waals surface area contributed by atoms with Gasteiger partial charge in [-0.2, -0.15) is 18.3 Å². The fraction of sp³-hybridized carbons (Fsp3) is 0.222. The highest BCUT2D eigenvalue weighted by Crippen LogP contribution is 2.31. The maximum atomic E-state index is 12.3. The van der Waals surface area contributed by atoms with Crippen LogP contribution in [0.15, 0.2) is 23.3 Å². The van der Waals surface area contributed by atoms with E-state index in [9.17, 15) is 13.2 Å². The predicted molar refractivity (Wildman–Crippen MR) is 49.8 cm³/mol. The van der Waals surface area contributed by atoms with Gasteiger partial charge in [-0.1, -0.05) is 0 Å². The standard InChI is InChI=1S/C9H9F3N2O/c1-15-8-3-2-7(9(10,11)12)4-6(8)5-14-13/h2-5H,13H2,1H3. The van der Waals surface area contributed by atoms with Gasteiger partial charge in [-0.15, -0.1) is 0 Å². The number of hydrogen-bond donors (Lipinski definition) is 1. The minimum Gasteiger partial charge on any atom is -0.496 e. The molecule has 0 unspecified atom stereocenters. The molecule has 0 spiro atoms. The van der Waals surface area contributed by atoms with Crippen LogP contribution in [0.3, 0.4) is 0 Å². The van der Waals surface area contributed by atoms with Crippen LogP contribution in [-0.4, -0.2) is 13.3 Å². The number of alkyl halides is 3. The molecular formula is C9H9F3N2O. The van der Waals surface area contributed by atoms with Crippen LogP contribution < -0.4 is 10.6 Å². The number of nitrogens with zero attached hydrogens (tertiary/aromatic N) is 1. The molecular weight excluding hydrogens is 209 g/mol. The van der Waals surface area contributed by atoms with E-state index in [-0.39, 0.29) is 11.3 Å². The first-order valence-corrected chi connectivity index (χ1v) is 3.97. The molecule has 0 atom stereocenters. The van der Waals surface area contributed by atoms with E-state index in [0.717, 1.165) is 18.3 Å². The summed E-state index contributed by atoms with van der Waals surface area (Å²) in [5.74, 6) is 5.16. The van der Waals surface area contributed by atoms with Crippen molar-refractivity contribution in [1.82, 2.24) is 0 Å². The van der Waals surface area contributed by atoms with Crippen molar-refractivity contribution in [2.75, 3.05) is 7.11 Å². The third kappa shape index (κ3) is 2.61. The first-order chi connectivity index (χ1) is 6.99. The highest BCUT2D eigenvalue weighted by molar-refractivity contribution is 5.83. The number of hydrogen-bond acceptors (Lipinski definition) is 3. The number of hydrazone groups is 1. The van der Waals surface area contributed by atoms with E-state index < -0.39 is 11.7 Å². The number of nitrogens with two attached hydrogens (primary N) is 1. The van der Waals surface area contributed by atoms with E-state index in [2.05, 4.69) is 5.10 Å². The van der Waals surface area contributed by atoms with Gasteiger partial charge >= 0.3 is 6.18 Å². The molecule has 0 aromatic heterocycles. The Morgan fingerprint density at radius 1 is 1.40 bits per heavy atom. The zero-order valence-electron chi connectivity index (χ0n) is 7.88. The van der Waals surface area contributed by atoms with E-state index in [1.54, 1.807) is 0 Å². The van der Waals surface area contributed by atoms with Crippen LogP contribution in [0.25, 0.3) is 0 Å². The summed E-state index contributed by atoms with van der Waals surface area (Å²) in [4.78, 5) is 0. The van der Waals surface area contributed by atoms with Crippen LogP contribution >= 0.6 is 0 Å². The molecule has 0 fully saturated rings. The maximum absolute atomic E-state index is 12.3. The number of methoxy groups -OCH3 is 1. The number of benzene rings is 1. The minimum atomic E-state index is -4.39. The highest BCUT2D eigenvalue weighted by Gasteiger charge is 2.30. The molecule has 6 heteroatoms. The number of rotatable bonds is 2. The van der Waals surface area contributed by atoms with Gasteiger partial charge in [0, 0.05) is 5.56 Å². The van der Waals surface area contributed by atoms with Gasteiger partial charge in [0.25, 0.3) is 0 Å². The van der Waals surface area contributed by atoms with Gasteiger partial charge in [0.1, 0.15) is 5.75 Å². The van der Waals surface area contributed by atoms with Gasteiger partial charge in [0.05, 0.1) is 18.9 Å². The van der Waals surface area contributed by atoms with Crippen molar-refractivity contribution in [1.29, 1.82) is 0 Å². The third-order valence-electron chi connectivity index (χ3n) is 1.77. The van der Waals surface area contributed by atoms with Crippen molar-refractivity contribution < 1.29 is 17.9 Å². The molecule has 0 saturated heterocycles. The SMILES string of the molecule is COc1ccc(C(F)(F)F)cc1C=NN. The molecule has 0 saturated carbocycles. The van der Waals surface area contributed by atoms with Crippen molar-refractivity contribution in [3.63, 3.8) is 0 Å². The van der Waals surface area contributed by atoms with Crippen LogP contribution in [0.2, 0.25) is 0 Å². The second-order valence-corrected chi connectivity index (χ2v) is 2.73. The Kier molecular flexibility index (Phi) is 3.18. The smallest absolute Gasteiger partial charge is 0.416 e. The van der Waals surface area contributed by atoms with Crippen LogP contribution in [0.4, 0.5) is 13.2 Å². The zero-order chi connectivity index (χ0) is 11.5. The lowest BCUT2D eigenvalue weighted by Gasteiger charge is -2.09. The Bertz CT molecular complexity index is 374. The Morgan fingerprint density at radius 3 is 2.53 bits per heavy atom. The fourth-order valence-corrected chi connectivity index (χ4v) is 1.09. The summed E-state index contributed by atoms with van der Waals surface area (Å²) in [6.45, 7) is 0. The van der Waals surface area contributed by atoms with E-state index in [1.807, 2.05) is 0 Å². The molecule has 2 N–H and O–H groups in total. The van der Waals surface area contributed by atoms with Crippen molar-refractivity contribution in [2.24, 2.45) is 10.9 Å². The van der Waals surface area contributed by atoms with E-state index >= 15 is 0 Å². The van der Waals surface area contributed by atoms with Crippen molar-refractivity contribution in [3.05, 3.63) is 29.3 Å². The molecule has 1 aromatic rings. The molecule has 82 valence electrons. The quantitative estimate of drug-likeness (QED) is 0.469. The molecule has 3 nitrogen and oxygen atoms in total. The molecule has 1 aromatic carbocycles. The topological polar surface area (TPSA) is 47.6 Å². The molecule has 1 rings (SSSR count). The summed E-state index contributed by atoms with van der Waals surface area (Å²) < 4.78 is 41.8. The van der Waals surface area contributed by atoms with Crippen LogP contribution in [0.5, 0.6) is 5.75 Å². The second kappa shape index (κ2) is 4.20. The van der Waals surface area contributed by atoms with Gasteiger partial charge < -0.3 is 10.6 Å². The lowest BCUT2D eigenvalue weighted by molar-refractivity contribution is -0.137. The average Bonchev–Trinajstić information content (AvgIpc) is 2.17. The van der Waals surface area contributed by atoms with Crippen molar-refractivity contribution in [2.45, 2.75) is 6.18 Å². The van der Waals surface area contributed by atoms with Crippen molar-refractivity contribution in [3.8, 4) is 5.75 Å². The second-order valence-electron chi connectivity index (χ2n) is 2.73. The lowest BCUT2D eigenvalue weighted by Crippen LogP contribution is -2.06. The van der Waals surface area contributed by atoms with E-state index in [0.29, 0.717) is 0 Å². The Hall–Kier alpha value is -1.72. The monoisotopic (exact) mass is 218 g/mol. The highest BCUT2D eigenvalue weighted by atomic mass is 19.4. The first kappa shape index (κ1) is 11.4. The molecule has 0 bridgehead atoms. The van der Waals surface area contributed by atoms with Gasteiger partial charge in [0.15, 0.2) is 0 Å². The van der Waals surface area contributed by atoms with Gasteiger partial charge in [-0.25, -0.2) is 0 Å². The summed E-state index contributed by atoms with van der Waals surface area (Å²) in [5, 5.41) is 3.17. The average molecular weight is 218 g/mol. The third-order valence-corrected chi connectivity index (χ3v) is 1.77. The van der Waals surface area contributed by atoms with Gasteiger partial charge in [-0.05, 0) is 18.2 Å². The van der Waals surface area contributed by atoms with Crippen LogP contribution in [-0.2, 0) is 6.18 Å². The van der Waals surface area contributed by atoms with Gasteiger partial charge in [-0.3, -0.25) is 0 Å². The summed E-state index contributed by atoms with van der Waals surface area (Å²) in [6.07, 6.45) is -3.28. The molecule has 0 radical (unpaired) electrons. The lowest BCUT2D eigenvalue weighted by atomic mass is 10.1. The molecule has 0 aliphatic rings. The molecule has 15 heavy (non-hydrogen) atoms. The molecule has 0 aliphatic carbocycles. The minimum absolute atomic E-state index is 0.190. The largest absolute Gasteiger partial charge is 0.496 e. The van der Waals surface area contributed by atoms with Crippen LogP contribution in [0, 0.1) is 0 Å². The zero-order valence-corrected chi connectivity index (χ0v) is 7.88. The van der Waals surface area contributed by atoms with Gasteiger partial charge in [0.2, 0.25) is 0 Å². The molecule has 0 amide bonds.